The SMILES string of the molecule is O=S(=O)(O)c1cc2c[c]ccc2c(O)c1N=Nc1ccc2c(S(=O)(=O)O)cccc2c1S(=O)(=O)O. The van der Waals surface area contributed by atoms with Gasteiger partial charge >= 0.3 is 0 Å². The molecule has 0 amide bonds. The predicted molar refractivity (Wildman–Crippen MR) is 122 cm³/mol. The van der Waals surface area contributed by atoms with Crippen LogP contribution in [0.4, 0.5) is 11.4 Å². The van der Waals surface area contributed by atoms with E-state index in [4.69, 9.17) is 0 Å². The molecule has 4 aromatic rings. The number of benzene rings is 4. The Morgan fingerprint density at radius 3 is 2.03 bits per heavy atom. The fourth-order valence-corrected chi connectivity index (χ4v) is 5.69. The molecule has 4 aromatic carbocycles. The minimum Gasteiger partial charge on any atom is -0.505 e. The molecule has 35 heavy (non-hydrogen) atoms. The first-order chi connectivity index (χ1) is 16.2. The van der Waals surface area contributed by atoms with E-state index in [1.54, 1.807) is 0 Å². The summed E-state index contributed by atoms with van der Waals surface area (Å²) >= 11 is 0. The number of hydrogen-bond acceptors (Lipinski definition) is 9. The number of azo groups is 1. The zero-order valence-corrected chi connectivity index (χ0v) is 19.5. The number of nitrogens with zero attached hydrogens (tertiary/aromatic N) is 2. The first-order valence-corrected chi connectivity index (χ1v) is 13.6. The minimum atomic E-state index is -5.07. The van der Waals surface area contributed by atoms with Gasteiger partial charge in [-0.25, -0.2) is 0 Å². The van der Waals surface area contributed by atoms with Crippen molar-refractivity contribution in [2.45, 2.75) is 14.7 Å². The lowest BCUT2D eigenvalue weighted by molar-refractivity contribution is 0.472. The number of hydrogen-bond donors (Lipinski definition) is 4. The van der Waals surface area contributed by atoms with Gasteiger partial charge in [0.1, 0.15) is 26.1 Å². The highest BCUT2D eigenvalue weighted by Gasteiger charge is 2.25. The molecule has 0 bridgehead atoms. The third kappa shape index (κ3) is 4.60. The first kappa shape index (κ1) is 24.6. The van der Waals surface area contributed by atoms with Crippen molar-refractivity contribution < 1.29 is 44.0 Å². The Labute approximate surface area is 198 Å². The van der Waals surface area contributed by atoms with E-state index in [1.165, 1.54) is 18.2 Å². The standard InChI is InChI=1S/C20H13N2O10S3/c23-19-12-5-2-1-4-11(12)10-17(34(27,28)29)18(19)22-21-15-9-8-13-14(20(15)35(30,31)32)6-3-7-16(13)33(24,25)26/h2-10,23H,(H,24,25,26)(H,27,28,29)(H,30,31,32). The Morgan fingerprint density at radius 2 is 1.40 bits per heavy atom. The zero-order valence-electron chi connectivity index (χ0n) is 17.1. The van der Waals surface area contributed by atoms with Crippen molar-refractivity contribution in [3.63, 3.8) is 0 Å². The molecule has 0 aromatic heterocycles. The fourth-order valence-electron chi connectivity index (χ4n) is 3.49. The normalized spacial score (nSPS) is 13.1. The van der Waals surface area contributed by atoms with E-state index in [0.29, 0.717) is 0 Å². The van der Waals surface area contributed by atoms with Crippen molar-refractivity contribution in [1.82, 2.24) is 0 Å². The van der Waals surface area contributed by atoms with E-state index in [0.717, 1.165) is 36.4 Å². The monoisotopic (exact) mass is 537 g/mol. The van der Waals surface area contributed by atoms with Crippen molar-refractivity contribution in [2.75, 3.05) is 0 Å². The van der Waals surface area contributed by atoms with Gasteiger partial charge in [-0.15, -0.1) is 10.2 Å². The maximum atomic E-state index is 12.2. The summed E-state index contributed by atoms with van der Waals surface area (Å²) < 4.78 is 100. The fraction of sp³-hybridized carbons (Fsp3) is 0. The van der Waals surface area contributed by atoms with Gasteiger partial charge in [0.2, 0.25) is 0 Å². The average molecular weight is 538 g/mol. The van der Waals surface area contributed by atoms with E-state index in [-0.39, 0.29) is 21.5 Å². The van der Waals surface area contributed by atoms with Gasteiger partial charge in [-0.2, -0.15) is 25.3 Å². The lowest BCUT2D eigenvalue weighted by atomic mass is 10.1. The van der Waals surface area contributed by atoms with Crippen molar-refractivity contribution in [3.05, 3.63) is 60.7 Å². The summed E-state index contributed by atoms with van der Waals surface area (Å²) in [6.07, 6.45) is 0. The maximum Gasteiger partial charge on any atom is 0.297 e. The summed E-state index contributed by atoms with van der Waals surface area (Å²) in [6, 6.07) is 13.1. The van der Waals surface area contributed by atoms with E-state index >= 15 is 0 Å². The van der Waals surface area contributed by atoms with Gasteiger partial charge in [0.25, 0.3) is 30.4 Å². The van der Waals surface area contributed by atoms with Crippen LogP contribution in [0.25, 0.3) is 21.5 Å². The van der Waals surface area contributed by atoms with Crippen LogP contribution in [0.15, 0.2) is 79.5 Å². The van der Waals surface area contributed by atoms with Gasteiger partial charge in [0.05, 0.1) is 0 Å². The van der Waals surface area contributed by atoms with Gasteiger partial charge < -0.3 is 5.11 Å². The second-order valence-corrected chi connectivity index (χ2v) is 11.2. The van der Waals surface area contributed by atoms with E-state index in [9.17, 15) is 44.0 Å². The number of phenolic OH excluding ortho intramolecular Hbond substituents is 1. The molecule has 0 aliphatic heterocycles. The van der Waals surface area contributed by atoms with Gasteiger partial charge in [-0.3, -0.25) is 13.7 Å². The molecular weight excluding hydrogens is 524 g/mol. The summed E-state index contributed by atoms with van der Waals surface area (Å²) in [5.74, 6) is -0.698. The van der Waals surface area contributed by atoms with Crippen LogP contribution in [0.3, 0.4) is 0 Å². The van der Waals surface area contributed by atoms with Gasteiger partial charge in [-0.05, 0) is 41.8 Å². The first-order valence-electron chi connectivity index (χ1n) is 9.25. The molecule has 4 N–H and O–H groups in total. The molecule has 12 nitrogen and oxygen atoms in total. The van der Waals surface area contributed by atoms with Crippen molar-refractivity contribution in [1.29, 1.82) is 0 Å². The van der Waals surface area contributed by atoms with Crippen LogP contribution in [0, 0.1) is 6.07 Å². The predicted octanol–water partition coefficient (Wildman–Crippen LogP) is 3.65. The number of fused-ring (bicyclic) bond motifs is 2. The van der Waals surface area contributed by atoms with Crippen LogP contribution in [0.2, 0.25) is 0 Å². The highest BCUT2D eigenvalue weighted by atomic mass is 32.2. The highest BCUT2D eigenvalue weighted by Crippen LogP contribution is 2.42. The van der Waals surface area contributed by atoms with Gasteiger partial charge in [0.15, 0.2) is 5.75 Å². The molecule has 4 rings (SSSR count). The molecule has 0 atom stereocenters. The highest BCUT2D eigenvalue weighted by molar-refractivity contribution is 7.86. The molecule has 181 valence electrons. The van der Waals surface area contributed by atoms with E-state index in [2.05, 4.69) is 16.3 Å². The molecule has 0 fully saturated rings. The quantitative estimate of drug-likeness (QED) is 0.214. The Hall–Kier alpha value is -3.47. The summed E-state index contributed by atoms with van der Waals surface area (Å²) in [7, 11) is -14.8. The molecule has 0 saturated carbocycles. The average Bonchev–Trinajstić information content (AvgIpc) is 2.75. The van der Waals surface area contributed by atoms with Gasteiger partial charge in [-0.1, -0.05) is 24.3 Å². The molecular formula is C20H13N2O10S3. The Balaban J connectivity index is 2.04. The van der Waals surface area contributed by atoms with Crippen molar-refractivity contribution in [3.8, 4) is 5.75 Å². The second-order valence-electron chi connectivity index (χ2n) is 7.11. The molecule has 0 aliphatic rings. The Kier molecular flexibility index (Phi) is 5.87. The van der Waals surface area contributed by atoms with E-state index < -0.39 is 62.2 Å². The summed E-state index contributed by atoms with van der Waals surface area (Å²) in [5, 5.41) is 17.6. The summed E-state index contributed by atoms with van der Waals surface area (Å²) in [6.45, 7) is 0. The Bertz CT molecular complexity index is 1880. The van der Waals surface area contributed by atoms with E-state index in [1.807, 2.05) is 0 Å². The van der Waals surface area contributed by atoms with Crippen LogP contribution >= 0.6 is 0 Å². The molecule has 1 radical (unpaired) electrons. The summed E-state index contributed by atoms with van der Waals surface area (Å²) in [4.78, 5) is -2.37. The van der Waals surface area contributed by atoms with Gasteiger partial charge in [0, 0.05) is 16.2 Å². The largest absolute Gasteiger partial charge is 0.505 e. The van der Waals surface area contributed by atoms with Crippen LogP contribution in [0.5, 0.6) is 5.75 Å². The lowest BCUT2D eigenvalue weighted by Gasteiger charge is -2.10. The van der Waals surface area contributed by atoms with Crippen LogP contribution in [-0.4, -0.2) is 44.0 Å². The summed E-state index contributed by atoms with van der Waals surface area (Å²) in [5.41, 5.74) is -1.28. The minimum absolute atomic E-state index is 0.122. The molecule has 0 saturated heterocycles. The second kappa shape index (κ2) is 8.33. The van der Waals surface area contributed by atoms with Crippen LogP contribution in [-0.2, 0) is 30.4 Å². The maximum absolute atomic E-state index is 12.2. The lowest BCUT2D eigenvalue weighted by Crippen LogP contribution is -2.03. The van der Waals surface area contributed by atoms with Crippen LogP contribution < -0.4 is 0 Å². The Morgan fingerprint density at radius 1 is 0.714 bits per heavy atom. The smallest absolute Gasteiger partial charge is 0.297 e. The molecule has 0 spiro atoms. The zero-order chi connectivity index (χ0) is 25.8. The van der Waals surface area contributed by atoms with Crippen molar-refractivity contribution in [2.24, 2.45) is 10.2 Å². The molecule has 0 aliphatic carbocycles. The molecule has 0 heterocycles. The number of aromatic hydroxyl groups is 1. The van der Waals surface area contributed by atoms with Crippen molar-refractivity contribution >= 4 is 63.3 Å². The number of rotatable bonds is 5. The third-order valence-corrected chi connectivity index (χ3v) is 7.64. The third-order valence-electron chi connectivity index (χ3n) is 4.92. The van der Waals surface area contributed by atoms with Crippen LogP contribution in [0.1, 0.15) is 0 Å². The number of phenols is 1. The topological polar surface area (TPSA) is 208 Å². The molecule has 15 heteroatoms. The molecule has 0 unspecified atom stereocenters.